The molecule has 17 heavy (non-hydrogen) atoms. The van der Waals surface area contributed by atoms with Crippen molar-refractivity contribution < 1.29 is 13.9 Å². The average Bonchev–Trinajstić information content (AvgIpc) is 2.81. The zero-order valence-corrected chi connectivity index (χ0v) is 9.83. The van der Waals surface area contributed by atoms with Crippen LogP contribution in [0.2, 0.25) is 0 Å². The summed E-state index contributed by atoms with van der Waals surface area (Å²) in [4.78, 5) is 0. The van der Waals surface area contributed by atoms with E-state index >= 15 is 0 Å². The van der Waals surface area contributed by atoms with Gasteiger partial charge in [0.2, 0.25) is 0 Å². The summed E-state index contributed by atoms with van der Waals surface area (Å²) in [7, 11) is 1.51. The summed E-state index contributed by atoms with van der Waals surface area (Å²) >= 11 is 0. The van der Waals surface area contributed by atoms with Crippen LogP contribution in [0.4, 0.5) is 15.8 Å². The largest absolute Gasteiger partial charge is 0.495 e. The van der Waals surface area contributed by atoms with Crippen LogP contribution in [-0.2, 0) is 4.74 Å². The lowest BCUT2D eigenvalue weighted by Crippen LogP contribution is -2.19. The summed E-state index contributed by atoms with van der Waals surface area (Å²) in [6.07, 6.45) is 2.25. The molecule has 1 fully saturated rings. The first-order valence-electron chi connectivity index (χ1n) is 5.69. The molecule has 1 aromatic carbocycles. The van der Waals surface area contributed by atoms with Crippen molar-refractivity contribution in [1.82, 2.24) is 0 Å². The summed E-state index contributed by atoms with van der Waals surface area (Å²) in [6.45, 7) is 1.39. The van der Waals surface area contributed by atoms with E-state index in [1.54, 1.807) is 6.07 Å². The maximum atomic E-state index is 13.6. The summed E-state index contributed by atoms with van der Waals surface area (Å²) in [5.41, 5.74) is 6.30. The van der Waals surface area contributed by atoms with Crippen LogP contribution < -0.4 is 15.8 Å². The number of halogens is 1. The number of benzene rings is 1. The van der Waals surface area contributed by atoms with Gasteiger partial charge in [0, 0.05) is 25.3 Å². The van der Waals surface area contributed by atoms with Gasteiger partial charge in [-0.05, 0) is 12.8 Å². The predicted octanol–water partition coefficient (Wildman–Crippen LogP) is 2.01. The lowest BCUT2D eigenvalue weighted by atomic mass is 10.2. The van der Waals surface area contributed by atoms with Crippen molar-refractivity contribution in [2.45, 2.75) is 18.9 Å². The van der Waals surface area contributed by atoms with Gasteiger partial charge in [-0.15, -0.1) is 0 Å². The van der Waals surface area contributed by atoms with E-state index in [0.717, 1.165) is 19.4 Å². The lowest BCUT2D eigenvalue weighted by molar-refractivity contribution is 0.120. The second kappa shape index (κ2) is 5.23. The highest BCUT2D eigenvalue weighted by Gasteiger charge is 2.16. The minimum Gasteiger partial charge on any atom is -0.495 e. The molecular formula is C12H17FN2O2. The molecular weight excluding hydrogens is 223 g/mol. The van der Waals surface area contributed by atoms with E-state index in [4.69, 9.17) is 15.2 Å². The molecule has 0 bridgehead atoms. The molecule has 1 atom stereocenters. The number of ether oxygens (including phenoxy) is 2. The fourth-order valence-corrected chi connectivity index (χ4v) is 1.91. The van der Waals surface area contributed by atoms with E-state index in [-0.39, 0.29) is 11.9 Å². The third-order valence-electron chi connectivity index (χ3n) is 2.86. The maximum absolute atomic E-state index is 13.6. The summed E-state index contributed by atoms with van der Waals surface area (Å²) in [5.74, 6) is 0.0996. The molecule has 1 aliphatic rings. The Bertz CT molecular complexity index is 392. The number of nitrogens with two attached hydrogens (primary N) is 1. The van der Waals surface area contributed by atoms with Crippen LogP contribution in [0.15, 0.2) is 12.1 Å². The highest BCUT2D eigenvalue weighted by molar-refractivity contribution is 5.62. The molecule has 1 aromatic rings. The molecule has 1 heterocycles. The van der Waals surface area contributed by atoms with Crippen molar-refractivity contribution in [2.75, 3.05) is 31.3 Å². The Hall–Kier alpha value is -1.49. The van der Waals surface area contributed by atoms with Crippen molar-refractivity contribution in [3.63, 3.8) is 0 Å². The van der Waals surface area contributed by atoms with Gasteiger partial charge in [0.05, 0.1) is 24.6 Å². The third-order valence-corrected chi connectivity index (χ3v) is 2.86. The molecule has 94 valence electrons. The van der Waals surface area contributed by atoms with Crippen molar-refractivity contribution in [2.24, 2.45) is 0 Å². The summed E-state index contributed by atoms with van der Waals surface area (Å²) < 4.78 is 24.1. The Morgan fingerprint density at radius 3 is 3.06 bits per heavy atom. The van der Waals surface area contributed by atoms with E-state index in [2.05, 4.69) is 5.32 Å². The van der Waals surface area contributed by atoms with Crippen LogP contribution in [0, 0.1) is 5.82 Å². The van der Waals surface area contributed by atoms with Crippen LogP contribution >= 0.6 is 0 Å². The third kappa shape index (κ3) is 2.79. The molecule has 0 amide bonds. The number of hydrogen-bond acceptors (Lipinski definition) is 4. The topological polar surface area (TPSA) is 56.5 Å². The number of methoxy groups -OCH3 is 1. The van der Waals surface area contributed by atoms with Gasteiger partial charge < -0.3 is 20.5 Å². The fourth-order valence-electron chi connectivity index (χ4n) is 1.91. The smallest absolute Gasteiger partial charge is 0.148 e. The molecule has 0 aliphatic carbocycles. The van der Waals surface area contributed by atoms with Gasteiger partial charge in [-0.25, -0.2) is 4.39 Å². The van der Waals surface area contributed by atoms with Crippen LogP contribution in [0.25, 0.3) is 0 Å². The molecule has 0 radical (unpaired) electrons. The lowest BCUT2D eigenvalue weighted by Gasteiger charge is -2.14. The standard InChI is InChI=1S/C12H17FN2O2/c1-16-12-6-11(9(13)5-10(12)14)15-7-8-3-2-4-17-8/h5-6,8,15H,2-4,7,14H2,1H3. The first-order chi connectivity index (χ1) is 8.20. The Morgan fingerprint density at radius 2 is 2.41 bits per heavy atom. The van der Waals surface area contributed by atoms with Gasteiger partial charge in [-0.2, -0.15) is 0 Å². The number of nitrogen functional groups attached to an aromatic ring is 1. The van der Waals surface area contributed by atoms with Gasteiger partial charge in [0.25, 0.3) is 0 Å². The quantitative estimate of drug-likeness (QED) is 0.790. The van der Waals surface area contributed by atoms with Crippen LogP contribution in [0.5, 0.6) is 5.75 Å². The Labute approximate surface area is 99.9 Å². The van der Waals surface area contributed by atoms with Gasteiger partial charge in [0.15, 0.2) is 0 Å². The molecule has 0 saturated carbocycles. The van der Waals surface area contributed by atoms with Gasteiger partial charge in [0.1, 0.15) is 11.6 Å². The van der Waals surface area contributed by atoms with Crippen molar-refractivity contribution in [3.05, 3.63) is 17.9 Å². The molecule has 3 N–H and O–H groups in total. The van der Waals surface area contributed by atoms with Crippen molar-refractivity contribution in [1.29, 1.82) is 0 Å². The van der Waals surface area contributed by atoms with Gasteiger partial charge >= 0.3 is 0 Å². The van der Waals surface area contributed by atoms with Crippen LogP contribution in [0.3, 0.4) is 0 Å². The summed E-state index contributed by atoms with van der Waals surface area (Å²) in [5, 5.41) is 3.02. The molecule has 1 aliphatic heterocycles. The fraction of sp³-hybridized carbons (Fsp3) is 0.500. The predicted molar refractivity (Wildman–Crippen MR) is 64.8 cm³/mol. The van der Waals surface area contributed by atoms with Crippen LogP contribution in [-0.4, -0.2) is 26.4 Å². The average molecular weight is 240 g/mol. The Balaban J connectivity index is 2.03. The highest BCUT2D eigenvalue weighted by Crippen LogP contribution is 2.28. The normalized spacial score (nSPS) is 19.3. The van der Waals surface area contributed by atoms with E-state index in [1.165, 1.54) is 13.2 Å². The van der Waals surface area contributed by atoms with E-state index in [9.17, 15) is 4.39 Å². The molecule has 1 saturated heterocycles. The number of rotatable bonds is 4. The first kappa shape index (κ1) is 12.0. The molecule has 2 rings (SSSR count). The van der Waals surface area contributed by atoms with Gasteiger partial charge in [-0.3, -0.25) is 0 Å². The minimum absolute atomic E-state index is 0.165. The van der Waals surface area contributed by atoms with E-state index < -0.39 is 0 Å². The number of anilines is 2. The Morgan fingerprint density at radius 1 is 1.59 bits per heavy atom. The molecule has 1 unspecified atom stereocenters. The highest BCUT2D eigenvalue weighted by atomic mass is 19.1. The van der Waals surface area contributed by atoms with E-state index in [0.29, 0.717) is 23.7 Å². The Kier molecular flexibility index (Phi) is 3.68. The number of hydrogen-bond donors (Lipinski definition) is 2. The van der Waals surface area contributed by atoms with Crippen molar-refractivity contribution in [3.8, 4) is 5.75 Å². The SMILES string of the molecule is COc1cc(NCC2CCCO2)c(F)cc1N. The zero-order chi connectivity index (χ0) is 12.3. The molecule has 5 heteroatoms. The summed E-state index contributed by atoms with van der Waals surface area (Å²) in [6, 6.07) is 2.83. The monoisotopic (exact) mass is 240 g/mol. The maximum Gasteiger partial charge on any atom is 0.148 e. The molecule has 4 nitrogen and oxygen atoms in total. The molecule has 0 spiro atoms. The van der Waals surface area contributed by atoms with E-state index in [1.807, 2.05) is 0 Å². The second-order valence-corrected chi connectivity index (χ2v) is 4.09. The van der Waals surface area contributed by atoms with Crippen LogP contribution in [0.1, 0.15) is 12.8 Å². The zero-order valence-electron chi connectivity index (χ0n) is 9.83. The van der Waals surface area contributed by atoms with Crippen molar-refractivity contribution >= 4 is 11.4 Å². The number of nitrogens with one attached hydrogen (secondary N) is 1. The first-order valence-corrected chi connectivity index (χ1v) is 5.69. The second-order valence-electron chi connectivity index (χ2n) is 4.09. The van der Waals surface area contributed by atoms with Gasteiger partial charge in [-0.1, -0.05) is 0 Å². The molecule has 0 aromatic heterocycles. The minimum atomic E-state index is -0.374.